The van der Waals surface area contributed by atoms with Gasteiger partial charge in [-0.2, -0.15) is 16.4 Å². The summed E-state index contributed by atoms with van der Waals surface area (Å²) in [6.07, 6.45) is 4.06. The number of amides is 1. The fourth-order valence-electron chi connectivity index (χ4n) is 4.14. The molecule has 0 saturated carbocycles. The van der Waals surface area contributed by atoms with Gasteiger partial charge in [-0.05, 0) is 44.4 Å². The lowest BCUT2D eigenvalue weighted by Gasteiger charge is -2.31. The summed E-state index contributed by atoms with van der Waals surface area (Å²) >= 11 is 1.59. The smallest absolute Gasteiger partial charge is 0.274 e. The maximum absolute atomic E-state index is 13.5. The van der Waals surface area contributed by atoms with Crippen molar-refractivity contribution in [3.63, 3.8) is 0 Å². The van der Waals surface area contributed by atoms with E-state index in [1.807, 2.05) is 73.2 Å². The summed E-state index contributed by atoms with van der Waals surface area (Å²) in [7, 11) is 5.47. The Morgan fingerprint density at radius 2 is 2.03 bits per heavy atom. The number of ether oxygens (including phenoxy) is 2. The molecule has 1 aliphatic heterocycles. The van der Waals surface area contributed by atoms with Crippen LogP contribution < -0.4 is 9.47 Å². The average Bonchev–Trinajstić information content (AvgIpc) is 3.55. The average molecular weight is 477 g/mol. The minimum Gasteiger partial charge on any atom is -0.496 e. The van der Waals surface area contributed by atoms with Gasteiger partial charge in [0.25, 0.3) is 5.91 Å². The van der Waals surface area contributed by atoms with E-state index in [9.17, 15) is 4.79 Å². The number of rotatable bonds is 4. The second-order valence-electron chi connectivity index (χ2n) is 9.51. The highest BCUT2D eigenvalue weighted by atomic mass is 32.1. The molecule has 5 rings (SSSR count). The third kappa shape index (κ3) is 3.58. The Hall–Kier alpha value is -3.52. The fourth-order valence-corrected chi connectivity index (χ4v) is 4.75. The van der Waals surface area contributed by atoms with Crippen molar-refractivity contribution < 1.29 is 14.3 Å². The molecule has 0 unspecified atom stereocenters. The molecule has 34 heavy (non-hydrogen) atoms. The lowest BCUT2D eigenvalue weighted by Crippen LogP contribution is -2.43. The number of hydrogen-bond donors (Lipinski definition) is 0. The molecular formula is C26H28N4O3S. The number of carbonyl (C=O) groups excluding carboxylic acids is 1. The van der Waals surface area contributed by atoms with E-state index in [0.29, 0.717) is 11.4 Å². The lowest BCUT2D eigenvalue weighted by atomic mass is 9.96. The Morgan fingerprint density at radius 3 is 2.65 bits per heavy atom. The van der Waals surface area contributed by atoms with Crippen LogP contribution in [-0.2, 0) is 13.7 Å². The Labute approximate surface area is 203 Å². The van der Waals surface area contributed by atoms with Crippen LogP contribution in [0.2, 0.25) is 0 Å². The zero-order chi connectivity index (χ0) is 24.2. The van der Waals surface area contributed by atoms with Crippen molar-refractivity contribution in [1.29, 1.82) is 0 Å². The summed E-state index contributed by atoms with van der Waals surface area (Å²) < 4.78 is 15.8. The van der Waals surface area contributed by atoms with E-state index in [1.165, 1.54) is 0 Å². The van der Waals surface area contributed by atoms with Crippen LogP contribution >= 0.6 is 11.3 Å². The third-order valence-electron chi connectivity index (χ3n) is 6.32. The zero-order valence-corrected chi connectivity index (χ0v) is 21.1. The van der Waals surface area contributed by atoms with Crippen molar-refractivity contribution in [2.24, 2.45) is 7.05 Å². The van der Waals surface area contributed by atoms with Gasteiger partial charge in [-0.1, -0.05) is 0 Å². The molecule has 0 radical (unpaired) electrons. The van der Waals surface area contributed by atoms with Gasteiger partial charge in [-0.3, -0.25) is 4.79 Å². The quantitative estimate of drug-likeness (QED) is 0.397. The van der Waals surface area contributed by atoms with Crippen molar-refractivity contribution in [2.75, 3.05) is 14.2 Å². The van der Waals surface area contributed by atoms with E-state index in [4.69, 9.17) is 14.6 Å². The number of nitrogens with zero attached hydrogens (tertiary/aromatic N) is 4. The second kappa shape index (κ2) is 8.06. The van der Waals surface area contributed by atoms with Gasteiger partial charge in [0.1, 0.15) is 18.1 Å². The molecule has 7 nitrogen and oxygen atoms in total. The highest BCUT2D eigenvalue weighted by Gasteiger charge is 2.34. The minimum atomic E-state index is -0.336. The summed E-state index contributed by atoms with van der Waals surface area (Å²) in [5, 5.41) is 8.88. The maximum atomic E-state index is 13.5. The summed E-state index contributed by atoms with van der Waals surface area (Å²) in [6, 6.07) is 8.07. The molecule has 0 aliphatic carbocycles. The van der Waals surface area contributed by atoms with E-state index in [1.54, 1.807) is 23.3 Å². The topological polar surface area (TPSA) is 61.5 Å². The molecule has 4 heterocycles. The van der Waals surface area contributed by atoms with Gasteiger partial charge in [0.05, 0.1) is 18.5 Å². The van der Waals surface area contributed by atoms with Crippen LogP contribution in [0.3, 0.4) is 0 Å². The van der Waals surface area contributed by atoms with Crippen molar-refractivity contribution >= 4 is 17.2 Å². The highest BCUT2D eigenvalue weighted by molar-refractivity contribution is 7.08. The van der Waals surface area contributed by atoms with E-state index in [0.717, 1.165) is 39.4 Å². The Morgan fingerprint density at radius 1 is 1.24 bits per heavy atom. The summed E-state index contributed by atoms with van der Waals surface area (Å²) in [6.45, 7) is 6.30. The fraction of sp³-hybridized carbons (Fsp3) is 0.308. The van der Waals surface area contributed by atoms with Crippen LogP contribution in [0, 0.1) is 0 Å². The van der Waals surface area contributed by atoms with Crippen LogP contribution in [0.25, 0.3) is 28.1 Å². The molecule has 0 saturated heterocycles. The monoisotopic (exact) mass is 476 g/mol. The number of hydrogen-bond acceptors (Lipinski definition) is 5. The number of benzene rings is 1. The predicted molar refractivity (Wildman–Crippen MR) is 134 cm³/mol. The maximum Gasteiger partial charge on any atom is 0.274 e. The number of methoxy groups -OCH3 is 1. The molecule has 0 atom stereocenters. The Kier molecular flexibility index (Phi) is 5.28. The SMILES string of the molecule is COc1cc2c(cc1-c1ccn(C)c1)-c1c(c(C(=O)N(C)C(C)(C)C)nn1-c1ccsc1)CO2. The molecule has 1 amide bonds. The second-order valence-corrected chi connectivity index (χ2v) is 10.3. The number of fused-ring (bicyclic) bond motifs is 3. The summed E-state index contributed by atoms with van der Waals surface area (Å²) in [5.74, 6) is 1.32. The van der Waals surface area contributed by atoms with E-state index in [2.05, 4.69) is 18.3 Å². The lowest BCUT2D eigenvalue weighted by molar-refractivity contribution is 0.0646. The molecule has 0 N–H and O–H groups in total. The number of carbonyl (C=O) groups is 1. The van der Waals surface area contributed by atoms with Gasteiger partial charge < -0.3 is 18.9 Å². The van der Waals surface area contributed by atoms with Gasteiger partial charge >= 0.3 is 0 Å². The van der Waals surface area contributed by atoms with Gasteiger partial charge in [0.2, 0.25) is 0 Å². The van der Waals surface area contributed by atoms with Gasteiger partial charge in [0.15, 0.2) is 5.69 Å². The zero-order valence-electron chi connectivity index (χ0n) is 20.2. The van der Waals surface area contributed by atoms with Gasteiger partial charge in [0, 0.05) is 65.7 Å². The largest absolute Gasteiger partial charge is 0.496 e. The van der Waals surface area contributed by atoms with Crippen molar-refractivity contribution in [2.45, 2.75) is 32.9 Å². The number of aryl methyl sites for hydroxylation is 1. The molecule has 1 aliphatic rings. The first-order valence-electron chi connectivity index (χ1n) is 11.1. The van der Waals surface area contributed by atoms with Crippen LogP contribution in [0.15, 0.2) is 47.4 Å². The normalized spacial score (nSPS) is 12.6. The van der Waals surface area contributed by atoms with Crippen molar-refractivity contribution in [1.82, 2.24) is 19.2 Å². The van der Waals surface area contributed by atoms with Crippen LogP contribution in [0.5, 0.6) is 11.5 Å². The van der Waals surface area contributed by atoms with Crippen LogP contribution in [0.4, 0.5) is 0 Å². The number of thiophene rings is 1. The third-order valence-corrected chi connectivity index (χ3v) is 6.99. The molecule has 4 aromatic rings. The first-order chi connectivity index (χ1) is 16.2. The molecular weight excluding hydrogens is 448 g/mol. The first-order valence-corrected chi connectivity index (χ1v) is 12.0. The highest BCUT2D eigenvalue weighted by Crippen LogP contribution is 2.46. The van der Waals surface area contributed by atoms with E-state index in [-0.39, 0.29) is 18.1 Å². The van der Waals surface area contributed by atoms with Crippen molar-refractivity contribution in [3.8, 4) is 39.6 Å². The molecule has 0 spiro atoms. The van der Waals surface area contributed by atoms with Crippen molar-refractivity contribution in [3.05, 3.63) is 58.7 Å². The molecule has 1 aromatic carbocycles. The van der Waals surface area contributed by atoms with Crippen LogP contribution in [0.1, 0.15) is 36.8 Å². The molecule has 3 aromatic heterocycles. The number of aromatic nitrogens is 3. The van der Waals surface area contributed by atoms with E-state index >= 15 is 0 Å². The van der Waals surface area contributed by atoms with E-state index < -0.39 is 0 Å². The summed E-state index contributed by atoms with van der Waals surface area (Å²) in [4.78, 5) is 15.3. The predicted octanol–water partition coefficient (Wildman–Crippen LogP) is 5.38. The standard InChI is InChI=1S/C26H28N4O3S/c1-26(2,3)29(5)25(31)23-20-14-33-22-12-21(32-6)18(16-7-9-28(4)13-16)11-19(22)24(20)30(27-23)17-8-10-34-15-17/h7-13,15H,14H2,1-6H3. The van der Waals surface area contributed by atoms with Gasteiger partial charge in [-0.25, -0.2) is 4.68 Å². The first kappa shape index (κ1) is 22.3. The Bertz CT molecular complexity index is 1380. The Balaban J connectivity index is 1.75. The summed E-state index contributed by atoms with van der Waals surface area (Å²) in [5.41, 5.74) is 5.56. The molecule has 0 fully saturated rings. The van der Waals surface area contributed by atoms with Crippen LogP contribution in [-0.4, -0.2) is 44.9 Å². The molecule has 8 heteroatoms. The minimum absolute atomic E-state index is 0.124. The van der Waals surface area contributed by atoms with Gasteiger partial charge in [-0.15, -0.1) is 0 Å². The molecule has 0 bridgehead atoms. The molecule has 176 valence electrons.